The number of piperidine rings is 1. The van der Waals surface area contributed by atoms with Crippen molar-refractivity contribution in [3.05, 3.63) is 18.0 Å². The van der Waals surface area contributed by atoms with Crippen LogP contribution in [0.5, 0.6) is 6.01 Å². The zero-order valence-electron chi connectivity index (χ0n) is 13.7. The molecule has 0 aromatic carbocycles. The van der Waals surface area contributed by atoms with Gasteiger partial charge in [-0.15, -0.1) is 0 Å². The first kappa shape index (κ1) is 17.8. The third kappa shape index (κ3) is 4.73. The number of likely N-dealkylation sites (tertiary alicyclic amines) is 1. The number of carbonyl (C=O) groups is 1. The van der Waals surface area contributed by atoms with Gasteiger partial charge in [0.15, 0.2) is 5.69 Å². The molecule has 3 rings (SSSR count). The van der Waals surface area contributed by atoms with Crippen LogP contribution in [0.3, 0.4) is 0 Å². The van der Waals surface area contributed by atoms with E-state index < -0.39 is 18.0 Å². The Morgan fingerprint density at radius 3 is 2.60 bits per heavy atom. The Bertz CT molecular complexity index is 606. The molecule has 138 valence electrons. The van der Waals surface area contributed by atoms with Crippen molar-refractivity contribution in [2.24, 2.45) is 0 Å². The van der Waals surface area contributed by atoms with Gasteiger partial charge in [0.1, 0.15) is 12.2 Å². The van der Waals surface area contributed by atoms with Gasteiger partial charge < -0.3 is 14.4 Å². The second-order valence-electron chi connectivity index (χ2n) is 6.34. The van der Waals surface area contributed by atoms with E-state index in [2.05, 4.69) is 9.97 Å². The number of carbonyl (C=O) groups excluding carboxylic acids is 1. The van der Waals surface area contributed by atoms with Crippen LogP contribution in [0.2, 0.25) is 0 Å². The Kier molecular flexibility index (Phi) is 5.29. The molecule has 1 aromatic rings. The predicted molar refractivity (Wildman–Crippen MR) is 81.0 cm³/mol. The molecule has 1 aliphatic carbocycles. The molecular formula is C16H20F3N3O3. The summed E-state index contributed by atoms with van der Waals surface area (Å²) in [4.78, 5) is 20.9. The third-order valence-electron chi connectivity index (χ3n) is 4.40. The maximum absolute atomic E-state index is 12.7. The van der Waals surface area contributed by atoms with Crippen LogP contribution in [-0.4, -0.2) is 46.3 Å². The molecule has 1 aromatic heterocycles. The number of alkyl halides is 3. The Balaban J connectivity index is 1.57. The molecule has 1 amide bonds. The Morgan fingerprint density at radius 2 is 1.88 bits per heavy atom. The molecule has 0 radical (unpaired) electrons. The Labute approximate surface area is 143 Å². The second-order valence-corrected chi connectivity index (χ2v) is 6.34. The molecule has 1 saturated carbocycles. The second kappa shape index (κ2) is 7.45. The number of nitrogens with zero attached hydrogens (tertiary/aromatic N) is 3. The van der Waals surface area contributed by atoms with Gasteiger partial charge in [0.05, 0.1) is 6.54 Å². The highest BCUT2D eigenvalue weighted by Crippen LogP contribution is 2.28. The van der Waals surface area contributed by atoms with Crippen LogP contribution in [-0.2, 0) is 10.9 Å². The first-order valence-electron chi connectivity index (χ1n) is 8.44. The van der Waals surface area contributed by atoms with Crippen LogP contribution in [0.4, 0.5) is 18.0 Å². The molecule has 1 saturated heterocycles. The van der Waals surface area contributed by atoms with Crippen molar-refractivity contribution in [3.8, 4) is 6.01 Å². The van der Waals surface area contributed by atoms with E-state index in [4.69, 9.17) is 9.47 Å². The predicted octanol–water partition coefficient (Wildman–Crippen LogP) is 3.42. The summed E-state index contributed by atoms with van der Waals surface area (Å²) in [6, 6.07) is 0.463. The summed E-state index contributed by atoms with van der Waals surface area (Å²) in [7, 11) is 0. The number of aromatic nitrogens is 2. The van der Waals surface area contributed by atoms with Crippen molar-refractivity contribution in [2.75, 3.05) is 13.1 Å². The zero-order valence-corrected chi connectivity index (χ0v) is 13.7. The van der Waals surface area contributed by atoms with Gasteiger partial charge in [0.25, 0.3) is 0 Å². The molecule has 1 atom stereocenters. The van der Waals surface area contributed by atoms with Crippen LogP contribution in [0.15, 0.2) is 12.3 Å². The van der Waals surface area contributed by atoms with Gasteiger partial charge in [0.2, 0.25) is 0 Å². The maximum Gasteiger partial charge on any atom is 0.433 e. The van der Waals surface area contributed by atoms with Gasteiger partial charge in [-0.05, 0) is 44.6 Å². The van der Waals surface area contributed by atoms with Crippen molar-refractivity contribution < 1.29 is 27.4 Å². The highest BCUT2D eigenvalue weighted by Gasteiger charge is 2.34. The van der Waals surface area contributed by atoms with Gasteiger partial charge in [-0.1, -0.05) is 0 Å². The largest absolute Gasteiger partial charge is 0.458 e. The lowest BCUT2D eigenvalue weighted by Crippen LogP contribution is -2.45. The van der Waals surface area contributed by atoms with Crippen LogP contribution in [0.1, 0.15) is 44.2 Å². The number of hydrogen-bond acceptors (Lipinski definition) is 5. The molecule has 0 N–H and O–H groups in total. The van der Waals surface area contributed by atoms with Crippen molar-refractivity contribution in [1.29, 1.82) is 0 Å². The highest BCUT2D eigenvalue weighted by molar-refractivity contribution is 5.68. The smallest absolute Gasteiger partial charge is 0.433 e. The van der Waals surface area contributed by atoms with Crippen LogP contribution >= 0.6 is 0 Å². The summed E-state index contributed by atoms with van der Waals surface area (Å²) >= 11 is 0. The monoisotopic (exact) mass is 359 g/mol. The number of amides is 1. The summed E-state index contributed by atoms with van der Waals surface area (Å²) in [6.45, 7) is 0.806. The minimum Gasteiger partial charge on any atom is -0.458 e. The number of halogens is 3. The summed E-state index contributed by atoms with van der Waals surface area (Å²) in [6.07, 6.45) is 0.808. The summed E-state index contributed by atoms with van der Waals surface area (Å²) in [5, 5.41) is 0. The highest BCUT2D eigenvalue weighted by atomic mass is 19.4. The average molecular weight is 359 g/mol. The third-order valence-corrected chi connectivity index (χ3v) is 4.40. The molecule has 1 aliphatic heterocycles. The van der Waals surface area contributed by atoms with E-state index in [1.807, 2.05) is 0 Å². The van der Waals surface area contributed by atoms with Crippen LogP contribution in [0.25, 0.3) is 0 Å². The molecule has 0 bridgehead atoms. The Morgan fingerprint density at radius 1 is 1.16 bits per heavy atom. The van der Waals surface area contributed by atoms with Gasteiger partial charge in [0, 0.05) is 12.7 Å². The molecule has 2 fully saturated rings. The first-order valence-corrected chi connectivity index (χ1v) is 8.44. The fraction of sp³-hybridized carbons (Fsp3) is 0.688. The minimum absolute atomic E-state index is 0.0272. The van der Waals surface area contributed by atoms with E-state index in [0.29, 0.717) is 19.4 Å². The molecule has 1 unspecified atom stereocenters. The minimum atomic E-state index is -4.55. The lowest BCUT2D eigenvalue weighted by molar-refractivity contribution is -0.141. The molecule has 6 nitrogen and oxygen atoms in total. The van der Waals surface area contributed by atoms with Crippen molar-refractivity contribution >= 4 is 6.09 Å². The average Bonchev–Trinajstić information content (AvgIpc) is 3.07. The fourth-order valence-corrected chi connectivity index (χ4v) is 3.13. The number of ether oxygens (including phenoxy) is 2. The van der Waals surface area contributed by atoms with Crippen molar-refractivity contribution in [3.63, 3.8) is 0 Å². The van der Waals surface area contributed by atoms with Gasteiger partial charge in [-0.3, -0.25) is 0 Å². The van der Waals surface area contributed by atoms with Crippen LogP contribution in [0, 0.1) is 0 Å². The summed E-state index contributed by atoms with van der Waals surface area (Å²) in [5.74, 6) is 0. The van der Waals surface area contributed by atoms with Crippen molar-refractivity contribution in [1.82, 2.24) is 14.9 Å². The standard InChI is InChI=1S/C16H20F3N3O3/c17-16(18,19)13-7-8-20-14(21-13)24-12-6-3-9-22(10-12)15(23)25-11-4-1-2-5-11/h7-8,11-12H,1-6,9-10H2. The summed E-state index contributed by atoms with van der Waals surface area (Å²) < 4.78 is 49.0. The van der Waals surface area contributed by atoms with Crippen molar-refractivity contribution in [2.45, 2.75) is 56.9 Å². The van der Waals surface area contributed by atoms with E-state index in [-0.39, 0.29) is 24.8 Å². The lowest BCUT2D eigenvalue weighted by atomic mass is 10.1. The lowest BCUT2D eigenvalue weighted by Gasteiger charge is -2.32. The van der Waals surface area contributed by atoms with E-state index in [0.717, 1.165) is 37.9 Å². The SMILES string of the molecule is O=C(OC1CCCC1)N1CCCC(Oc2nccc(C(F)(F)F)n2)C1. The van der Waals surface area contributed by atoms with Crippen LogP contribution < -0.4 is 4.74 Å². The van der Waals surface area contributed by atoms with Gasteiger partial charge >= 0.3 is 18.3 Å². The molecule has 2 heterocycles. The molecule has 0 spiro atoms. The number of hydrogen-bond donors (Lipinski definition) is 0. The van der Waals surface area contributed by atoms with E-state index in [1.165, 1.54) is 0 Å². The fourth-order valence-electron chi connectivity index (χ4n) is 3.13. The quantitative estimate of drug-likeness (QED) is 0.827. The van der Waals surface area contributed by atoms with E-state index >= 15 is 0 Å². The van der Waals surface area contributed by atoms with E-state index in [1.54, 1.807) is 4.90 Å². The zero-order chi connectivity index (χ0) is 17.9. The molecular weight excluding hydrogens is 339 g/mol. The first-order chi connectivity index (χ1) is 11.9. The topological polar surface area (TPSA) is 64.5 Å². The number of rotatable bonds is 3. The van der Waals surface area contributed by atoms with Gasteiger partial charge in [-0.2, -0.15) is 18.2 Å². The molecule has 2 aliphatic rings. The van der Waals surface area contributed by atoms with E-state index in [9.17, 15) is 18.0 Å². The maximum atomic E-state index is 12.7. The molecule has 25 heavy (non-hydrogen) atoms. The normalized spacial score (nSPS) is 22.0. The summed E-state index contributed by atoms with van der Waals surface area (Å²) in [5.41, 5.74) is -1.05. The molecule has 9 heteroatoms. The Hall–Kier alpha value is -2.06. The van der Waals surface area contributed by atoms with Gasteiger partial charge in [-0.25, -0.2) is 9.78 Å².